The molecular formula is C19H21F3N2. The lowest BCUT2D eigenvalue weighted by Gasteiger charge is -2.36. The molecule has 0 aromatic heterocycles. The fourth-order valence-corrected chi connectivity index (χ4v) is 3.16. The Balaban J connectivity index is 1.81. The van der Waals surface area contributed by atoms with E-state index in [2.05, 4.69) is 22.3 Å². The predicted octanol–water partition coefficient (Wildman–Crippen LogP) is 4.46. The Hall–Kier alpha value is -2.01. The number of piperidine rings is 1. The summed E-state index contributed by atoms with van der Waals surface area (Å²) in [5, 5.41) is 3.36. The number of halogens is 3. The third-order valence-electron chi connectivity index (χ3n) is 4.47. The van der Waals surface area contributed by atoms with Crippen molar-refractivity contribution in [3.63, 3.8) is 0 Å². The van der Waals surface area contributed by atoms with Crippen molar-refractivity contribution in [2.75, 3.05) is 18.0 Å². The monoisotopic (exact) mass is 334 g/mol. The summed E-state index contributed by atoms with van der Waals surface area (Å²) in [7, 11) is 0. The Kier molecular flexibility index (Phi) is 5.09. The number of nitrogens with zero attached hydrogens (tertiary/aromatic N) is 1. The number of para-hydroxylation sites is 1. The highest BCUT2D eigenvalue weighted by atomic mass is 19.4. The van der Waals surface area contributed by atoms with Crippen molar-refractivity contribution in [1.82, 2.24) is 5.32 Å². The SMILES string of the molecule is FC(F)(F)c1ccc(CN(c2ccccc2)C2CCNCC2)cc1. The lowest BCUT2D eigenvalue weighted by Crippen LogP contribution is -2.43. The molecule has 0 aliphatic carbocycles. The van der Waals surface area contributed by atoms with E-state index < -0.39 is 11.7 Å². The second kappa shape index (κ2) is 7.26. The smallest absolute Gasteiger partial charge is 0.364 e. The molecule has 2 nitrogen and oxygen atoms in total. The molecule has 0 amide bonds. The average molecular weight is 334 g/mol. The van der Waals surface area contributed by atoms with Gasteiger partial charge in [-0.05, 0) is 55.8 Å². The van der Waals surface area contributed by atoms with Crippen LogP contribution in [0.25, 0.3) is 0 Å². The van der Waals surface area contributed by atoms with Gasteiger partial charge in [-0.25, -0.2) is 0 Å². The van der Waals surface area contributed by atoms with Gasteiger partial charge in [-0.1, -0.05) is 30.3 Å². The van der Waals surface area contributed by atoms with Crippen molar-refractivity contribution >= 4 is 5.69 Å². The van der Waals surface area contributed by atoms with Crippen molar-refractivity contribution in [2.24, 2.45) is 0 Å². The minimum absolute atomic E-state index is 0.399. The lowest BCUT2D eigenvalue weighted by atomic mass is 10.0. The molecule has 24 heavy (non-hydrogen) atoms. The highest BCUT2D eigenvalue weighted by molar-refractivity contribution is 5.48. The second-order valence-corrected chi connectivity index (χ2v) is 6.14. The van der Waals surface area contributed by atoms with Crippen molar-refractivity contribution < 1.29 is 13.2 Å². The van der Waals surface area contributed by atoms with Crippen LogP contribution in [0.5, 0.6) is 0 Å². The Labute approximate surface area is 140 Å². The summed E-state index contributed by atoms with van der Waals surface area (Å²) in [6.45, 7) is 2.56. The van der Waals surface area contributed by atoms with E-state index in [9.17, 15) is 13.2 Å². The van der Waals surface area contributed by atoms with E-state index in [1.807, 2.05) is 18.2 Å². The van der Waals surface area contributed by atoms with Crippen LogP contribution in [0.15, 0.2) is 54.6 Å². The minimum atomic E-state index is -4.29. The fraction of sp³-hybridized carbons (Fsp3) is 0.368. The molecule has 0 unspecified atom stereocenters. The van der Waals surface area contributed by atoms with Crippen molar-refractivity contribution in [3.8, 4) is 0 Å². The van der Waals surface area contributed by atoms with Crippen LogP contribution < -0.4 is 10.2 Å². The average Bonchev–Trinajstić information content (AvgIpc) is 2.61. The summed E-state index contributed by atoms with van der Waals surface area (Å²) in [4.78, 5) is 2.31. The van der Waals surface area contributed by atoms with Crippen LogP contribution in [0.4, 0.5) is 18.9 Å². The first-order valence-electron chi connectivity index (χ1n) is 8.22. The molecule has 2 aromatic rings. The molecular weight excluding hydrogens is 313 g/mol. The van der Waals surface area contributed by atoms with Gasteiger partial charge in [0.2, 0.25) is 0 Å². The zero-order valence-electron chi connectivity index (χ0n) is 13.4. The van der Waals surface area contributed by atoms with Gasteiger partial charge in [0.15, 0.2) is 0 Å². The summed E-state index contributed by atoms with van der Waals surface area (Å²) in [5.74, 6) is 0. The number of alkyl halides is 3. The molecule has 1 heterocycles. The van der Waals surface area contributed by atoms with E-state index >= 15 is 0 Å². The van der Waals surface area contributed by atoms with Crippen LogP contribution in [-0.2, 0) is 12.7 Å². The maximum Gasteiger partial charge on any atom is 0.416 e. The molecule has 2 aromatic carbocycles. The fourth-order valence-electron chi connectivity index (χ4n) is 3.16. The van der Waals surface area contributed by atoms with E-state index in [1.165, 1.54) is 12.1 Å². The molecule has 3 rings (SSSR count). The molecule has 1 saturated heterocycles. The summed E-state index contributed by atoms with van der Waals surface area (Å²) < 4.78 is 38.2. The van der Waals surface area contributed by atoms with Gasteiger partial charge >= 0.3 is 6.18 Å². The molecule has 0 atom stereocenters. The van der Waals surface area contributed by atoms with Gasteiger partial charge in [0, 0.05) is 18.3 Å². The molecule has 128 valence electrons. The Morgan fingerprint density at radius 1 is 0.917 bits per heavy atom. The van der Waals surface area contributed by atoms with Gasteiger partial charge in [-0.15, -0.1) is 0 Å². The number of anilines is 1. The third-order valence-corrected chi connectivity index (χ3v) is 4.47. The summed E-state index contributed by atoms with van der Waals surface area (Å²) in [5.41, 5.74) is 1.41. The minimum Gasteiger partial charge on any atom is -0.364 e. The molecule has 5 heteroatoms. The standard InChI is InChI=1S/C19H21F3N2/c20-19(21,22)16-8-6-15(7-9-16)14-24(17-4-2-1-3-5-17)18-10-12-23-13-11-18/h1-9,18,23H,10-14H2. The van der Waals surface area contributed by atoms with Crippen molar-refractivity contribution in [2.45, 2.75) is 31.6 Å². The first-order valence-corrected chi connectivity index (χ1v) is 8.22. The van der Waals surface area contributed by atoms with Crippen LogP contribution in [0.3, 0.4) is 0 Å². The quantitative estimate of drug-likeness (QED) is 0.888. The van der Waals surface area contributed by atoms with E-state index in [4.69, 9.17) is 0 Å². The molecule has 0 spiro atoms. The zero-order valence-corrected chi connectivity index (χ0v) is 13.4. The van der Waals surface area contributed by atoms with E-state index in [0.29, 0.717) is 12.6 Å². The summed E-state index contributed by atoms with van der Waals surface area (Å²) in [6, 6.07) is 16.0. The van der Waals surface area contributed by atoms with Gasteiger partial charge < -0.3 is 10.2 Å². The molecule has 1 N–H and O–H groups in total. The molecule has 0 bridgehead atoms. The molecule has 0 radical (unpaired) electrons. The summed E-state index contributed by atoms with van der Waals surface area (Å²) in [6.07, 6.45) is -2.21. The summed E-state index contributed by atoms with van der Waals surface area (Å²) >= 11 is 0. The molecule has 1 aliphatic heterocycles. The van der Waals surface area contributed by atoms with Crippen LogP contribution >= 0.6 is 0 Å². The Morgan fingerprint density at radius 2 is 1.54 bits per heavy atom. The van der Waals surface area contributed by atoms with Gasteiger partial charge in [0.05, 0.1) is 5.56 Å². The Bertz CT molecular complexity index is 632. The number of hydrogen-bond donors (Lipinski definition) is 1. The number of nitrogens with one attached hydrogen (secondary N) is 1. The highest BCUT2D eigenvalue weighted by Gasteiger charge is 2.30. The third kappa shape index (κ3) is 4.09. The number of benzene rings is 2. The van der Waals surface area contributed by atoms with Crippen LogP contribution in [0.1, 0.15) is 24.0 Å². The molecule has 0 saturated carbocycles. The highest BCUT2D eigenvalue weighted by Crippen LogP contribution is 2.30. The molecule has 1 aliphatic rings. The van der Waals surface area contributed by atoms with Crippen molar-refractivity contribution in [3.05, 3.63) is 65.7 Å². The van der Waals surface area contributed by atoms with Crippen molar-refractivity contribution in [1.29, 1.82) is 0 Å². The van der Waals surface area contributed by atoms with Crippen LogP contribution in [0, 0.1) is 0 Å². The predicted molar refractivity (Wildman–Crippen MR) is 90.0 cm³/mol. The molecule has 1 fully saturated rings. The second-order valence-electron chi connectivity index (χ2n) is 6.14. The maximum atomic E-state index is 12.7. The van der Waals surface area contributed by atoms with Gasteiger partial charge in [-0.3, -0.25) is 0 Å². The lowest BCUT2D eigenvalue weighted by molar-refractivity contribution is -0.137. The number of hydrogen-bond acceptors (Lipinski definition) is 2. The Morgan fingerprint density at radius 3 is 2.12 bits per heavy atom. The zero-order chi connectivity index (χ0) is 17.0. The van der Waals surface area contributed by atoms with Gasteiger partial charge in [0.1, 0.15) is 0 Å². The first kappa shape index (κ1) is 16.8. The van der Waals surface area contributed by atoms with Gasteiger partial charge in [-0.2, -0.15) is 13.2 Å². The van der Waals surface area contributed by atoms with E-state index in [-0.39, 0.29) is 0 Å². The van der Waals surface area contributed by atoms with Crippen LogP contribution in [0.2, 0.25) is 0 Å². The number of rotatable bonds is 4. The normalized spacial score (nSPS) is 16.1. The maximum absolute atomic E-state index is 12.7. The first-order chi connectivity index (χ1) is 11.5. The van der Waals surface area contributed by atoms with E-state index in [1.54, 1.807) is 12.1 Å². The topological polar surface area (TPSA) is 15.3 Å². The van der Waals surface area contributed by atoms with Gasteiger partial charge in [0.25, 0.3) is 0 Å². The largest absolute Gasteiger partial charge is 0.416 e. The van der Waals surface area contributed by atoms with E-state index in [0.717, 1.165) is 37.2 Å². The van der Waals surface area contributed by atoms with Crippen LogP contribution in [-0.4, -0.2) is 19.1 Å².